The number of nitrogens with one attached hydrogen (secondary N) is 2. The van der Waals surface area contributed by atoms with Gasteiger partial charge in [-0.25, -0.2) is 9.37 Å². The molecule has 40 heavy (non-hydrogen) atoms. The smallest absolute Gasteiger partial charge is 0.251 e. The van der Waals surface area contributed by atoms with Crippen LogP contribution in [-0.2, 0) is 22.7 Å². The lowest BCUT2D eigenvalue weighted by Crippen LogP contribution is -2.35. The Morgan fingerprint density at radius 1 is 1.12 bits per heavy atom. The van der Waals surface area contributed by atoms with Gasteiger partial charge in [0.25, 0.3) is 5.91 Å². The summed E-state index contributed by atoms with van der Waals surface area (Å²) in [4.78, 5) is 44.0. The molecule has 2 aliphatic heterocycles. The molecule has 0 radical (unpaired) electrons. The minimum Gasteiger partial charge on any atom is -0.493 e. The summed E-state index contributed by atoms with van der Waals surface area (Å²) >= 11 is 0. The molecule has 212 valence electrons. The maximum atomic E-state index is 14.7. The van der Waals surface area contributed by atoms with E-state index in [0.717, 1.165) is 0 Å². The Morgan fingerprint density at radius 3 is 2.77 bits per heavy atom. The number of hydrogen-bond donors (Lipinski definition) is 2. The predicted molar refractivity (Wildman–Crippen MR) is 143 cm³/mol. The van der Waals surface area contributed by atoms with E-state index >= 15 is 0 Å². The van der Waals surface area contributed by atoms with Crippen molar-refractivity contribution in [1.82, 2.24) is 30.3 Å². The SMILES string of the molecule is COc1cc2ccc1Oc1cccc(F)c1CNC(=O)CCCN(C(=O)CCCn1cncn1)CCCNC2=O. The molecular formula is C28H33FN6O5. The highest BCUT2D eigenvalue weighted by Gasteiger charge is 2.18. The summed E-state index contributed by atoms with van der Waals surface area (Å²) < 4.78 is 27.8. The summed E-state index contributed by atoms with van der Waals surface area (Å²) in [5.74, 6) is -0.306. The number of halogens is 1. The Balaban J connectivity index is 1.49. The number of carbonyl (C=O) groups is 3. The molecule has 2 bridgehead atoms. The van der Waals surface area contributed by atoms with Crippen molar-refractivity contribution in [2.24, 2.45) is 0 Å². The van der Waals surface area contributed by atoms with Crippen molar-refractivity contribution in [2.45, 2.75) is 45.2 Å². The van der Waals surface area contributed by atoms with Crippen molar-refractivity contribution in [3.8, 4) is 17.2 Å². The molecule has 2 N–H and O–H groups in total. The summed E-state index contributed by atoms with van der Waals surface area (Å²) in [5, 5.41) is 9.67. The number of hydrogen-bond acceptors (Lipinski definition) is 7. The molecule has 0 unspecified atom stereocenters. The van der Waals surface area contributed by atoms with Crippen LogP contribution in [0, 0.1) is 5.82 Å². The van der Waals surface area contributed by atoms with E-state index in [1.54, 1.807) is 40.2 Å². The summed E-state index contributed by atoms with van der Waals surface area (Å²) in [7, 11) is 1.45. The third kappa shape index (κ3) is 7.78. The summed E-state index contributed by atoms with van der Waals surface area (Å²) in [6, 6.07) is 9.12. The number of methoxy groups -OCH3 is 1. The van der Waals surface area contributed by atoms with Crippen LogP contribution in [0.25, 0.3) is 0 Å². The van der Waals surface area contributed by atoms with Crippen molar-refractivity contribution >= 4 is 17.7 Å². The van der Waals surface area contributed by atoms with Crippen LogP contribution >= 0.6 is 0 Å². The average molecular weight is 553 g/mol. The first-order valence-corrected chi connectivity index (χ1v) is 13.2. The quantitative estimate of drug-likeness (QED) is 0.498. The number of aryl methyl sites for hydroxylation is 1. The van der Waals surface area contributed by atoms with E-state index in [9.17, 15) is 18.8 Å². The van der Waals surface area contributed by atoms with E-state index in [1.807, 2.05) is 0 Å². The molecule has 1 aromatic heterocycles. The second-order valence-corrected chi connectivity index (χ2v) is 9.32. The van der Waals surface area contributed by atoms with Crippen LogP contribution in [0.1, 0.15) is 48.0 Å². The Hall–Kier alpha value is -4.48. The molecule has 0 aliphatic carbocycles. The lowest BCUT2D eigenvalue weighted by molar-refractivity contribution is -0.132. The maximum absolute atomic E-state index is 14.7. The number of nitrogens with zero attached hydrogens (tertiary/aromatic N) is 4. The molecule has 11 nitrogen and oxygen atoms in total. The van der Waals surface area contributed by atoms with Crippen LogP contribution < -0.4 is 20.1 Å². The largest absolute Gasteiger partial charge is 0.493 e. The molecule has 12 heteroatoms. The van der Waals surface area contributed by atoms with Gasteiger partial charge in [-0.2, -0.15) is 5.10 Å². The first-order chi connectivity index (χ1) is 19.4. The van der Waals surface area contributed by atoms with Crippen molar-refractivity contribution in [3.05, 3.63) is 66.0 Å². The lowest BCUT2D eigenvalue weighted by atomic mass is 10.1. The van der Waals surface area contributed by atoms with Crippen LogP contribution in [0.4, 0.5) is 4.39 Å². The number of aromatic nitrogens is 3. The molecule has 2 aromatic carbocycles. The highest BCUT2D eigenvalue weighted by atomic mass is 19.1. The van der Waals surface area contributed by atoms with E-state index in [4.69, 9.17) is 9.47 Å². The van der Waals surface area contributed by atoms with Gasteiger partial charge in [-0.05, 0) is 49.6 Å². The second-order valence-electron chi connectivity index (χ2n) is 9.32. The van der Waals surface area contributed by atoms with E-state index in [-0.39, 0.29) is 42.0 Å². The minimum atomic E-state index is -0.527. The number of amides is 3. The Kier molecular flexibility index (Phi) is 10.0. The highest BCUT2D eigenvalue weighted by Crippen LogP contribution is 2.34. The molecular weight excluding hydrogens is 519 g/mol. The van der Waals surface area contributed by atoms with Gasteiger partial charge in [-0.3, -0.25) is 19.1 Å². The van der Waals surface area contributed by atoms with Crippen molar-refractivity contribution < 1.29 is 28.2 Å². The predicted octanol–water partition coefficient (Wildman–Crippen LogP) is 3.06. The van der Waals surface area contributed by atoms with Crippen LogP contribution in [0.5, 0.6) is 17.2 Å². The van der Waals surface area contributed by atoms with Crippen molar-refractivity contribution in [3.63, 3.8) is 0 Å². The standard InChI is InChI=1S/C28H33FN6O5/c1-39-25-16-20-10-11-24(25)40-23-7-2-6-22(29)21(23)17-32-26(36)8-3-13-34(14-5-12-31-28(20)38)27(37)9-4-15-35-19-30-18-33-35/h2,6-7,10-11,16,18-19H,3-5,8-9,12-15,17H2,1H3,(H,31,38)(H,32,36). The zero-order valence-corrected chi connectivity index (χ0v) is 22.4. The molecule has 0 atom stereocenters. The van der Waals surface area contributed by atoms with Crippen LogP contribution in [0.3, 0.4) is 0 Å². The second kappa shape index (κ2) is 14.1. The summed E-state index contributed by atoms with van der Waals surface area (Å²) in [6.07, 6.45) is 5.11. The highest BCUT2D eigenvalue weighted by molar-refractivity contribution is 5.94. The van der Waals surface area contributed by atoms with Gasteiger partial charge in [-0.15, -0.1) is 0 Å². The third-order valence-electron chi connectivity index (χ3n) is 6.50. The normalized spacial score (nSPS) is 15.1. The molecule has 3 amide bonds. The zero-order valence-electron chi connectivity index (χ0n) is 22.4. The van der Waals surface area contributed by atoms with E-state index in [1.165, 1.54) is 25.6 Å². The molecule has 3 aromatic rings. The van der Waals surface area contributed by atoms with E-state index < -0.39 is 5.82 Å². The van der Waals surface area contributed by atoms with Crippen LogP contribution in [-0.4, -0.2) is 64.1 Å². The van der Waals surface area contributed by atoms with Gasteiger partial charge in [-0.1, -0.05) is 6.07 Å². The van der Waals surface area contributed by atoms with Gasteiger partial charge in [0.15, 0.2) is 11.5 Å². The Morgan fingerprint density at radius 2 is 1.98 bits per heavy atom. The molecule has 0 spiro atoms. The first-order valence-electron chi connectivity index (χ1n) is 13.2. The summed E-state index contributed by atoms with van der Waals surface area (Å²) in [5.41, 5.74) is 0.553. The third-order valence-corrected chi connectivity index (χ3v) is 6.50. The van der Waals surface area contributed by atoms with Crippen LogP contribution in [0.15, 0.2) is 49.1 Å². The number of rotatable bonds is 5. The lowest BCUT2D eigenvalue weighted by Gasteiger charge is -2.23. The van der Waals surface area contributed by atoms with E-state index in [2.05, 4.69) is 20.7 Å². The van der Waals surface area contributed by atoms with Crippen molar-refractivity contribution in [2.75, 3.05) is 26.7 Å². The molecule has 3 heterocycles. The molecule has 0 fully saturated rings. The fourth-order valence-electron chi connectivity index (χ4n) is 4.36. The van der Waals surface area contributed by atoms with Gasteiger partial charge >= 0.3 is 0 Å². The van der Waals surface area contributed by atoms with E-state index in [0.29, 0.717) is 68.9 Å². The van der Waals surface area contributed by atoms with Gasteiger partial charge in [0.05, 0.1) is 7.11 Å². The molecule has 5 rings (SSSR count). The zero-order chi connectivity index (χ0) is 28.3. The Bertz CT molecular complexity index is 1320. The number of benzene rings is 2. The fourth-order valence-corrected chi connectivity index (χ4v) is 4.36. The molecule has 0 saturated carbocycles. The number of fused-ring (bicyclic) bond motifs is 13. The molecule has 2 aliphatic rings. The van der Waals surface area contributed by atoms with Gasteiger partial charge in [0.1, 0.15) is 24.2 Å². The molecule has 0 saturated heterocycles. The van der Waals surface area contributed by atoms with Crippen LogP contribution in [0.2, 0.25) is 0 Å². The maximum Gasteiger partial charge on any atom is 0.251 e. The number of ether oxygens (including phenoxy) is 2. The minimum absolute atomic E-state index is 0.0359. The van der Waals surface area contributed by atoms with Gasteiger partial charge in [0.2, 0.25) is 11.8 Å². The Labute approximate surface area is 231 Å². The van der Waals surface area contributed by atoms with Crippen molar-refractivity contribution in [1.29, 1.82) is 0 Å². The summed E-state index contributed by atoms with van der Waals surface area (Å²) in [6.45, 7) is 1.67. The van der Waals surface area contributed by atoms with Gasteiger partial charge in [0, 0.05) is 56.7 Å². The van der Waals surface area contributed by atoms with Gasteiger partial charge < -0.3 is 25.0 Å². The topological polar surface area (TPSA) is 128 Å². The average Bonchev–Trinajstić information content (AvgIpc) is 3.47. The fraction of sp³-hybridized carbons (Fsp3) is 0.393. The number of carbonyl (C=O) groups excluding carboxylic acids is 3. The first kappa shape index (κ1) is 28.5. The monoisotopic (exact) mass is 552 g/mol.